The van der Waals surface area contributed by atoms with Crippen LogP contribution in [0.15, 0.2) is 30.3 Å². The molecular weight excluding hydrogens is 124 g/mol. The van der Waals surface area contributed by atoms with E-state index in [4.69, 9.17) is 2.74 Å². The fraction of sp³-hybridized carbons (Fsp3) is 0.222. The molecule has 1 nitrogen and oxygen atoms in total. The topological polar surface area (TPSA) is 17.1 Å². The molecule has 0 aliphatic rings. The van der Waals surface area contributed by atoms with E-state index in [1.54, 1.807) is 18.2 Å². The van der Waals surface area contributed by atoms with Gasteiger partial charge in [0.15, 0.2) is 0 Å². The quantitative estimate of drug-likeness (QED) is 0.579. The minimum Gasteiger partial charge on any atom is -0.303 e. The molecule has 0 saturated heterocycles. The summed E-state index contributed by atoms with van der Waals surface area (Å²) in [7, 11) is 0. The zero-order valence-corrected chi connectivity index (χ0v) is 5.63. The van der Waals surface area contributed by atoms with E-state index in [0.717, 1.165) is 11.8 Å². The molecule has 1 aromatic carbocycles. The van der Waals surface area contributed by atoms with Crippen LogP contribution < -0.4 is 0 Å². The summed E-state index contributed by atoms with van der Waals surface area (Å²) in [6, 6.07) is 5.55. The molecule has 0 bridgehead atoms. The maximum absolute atomic E-state index is 10.1. The first-order chi connectivity index (χ1) is 5.75. The van der Waals surface area contributed by atoms with Crippen molar-refractivity contribution < 1.29 is 7.54 Å². The monoisotopic (exact) mass is 136 g/mol. The second-order valence-corrected chi connectivity index (χ2v) is 2.03. The van der Waals surface area contributed by atoms with Gasteiger partial charge < -0.3 is 4.79 Å². The largest absolute Gasteiger partial charge is 0.303 e. The van der Waals surface area contributed by atoms with Crippen molar-refractivity contribution in [2.45, 2.75) is 12.8 Å². The van der Waals surface area contributed by atoms with Crippen molar-refractivity contribution in [1.82, 2.24) is 0 Å². The summed E-state index contributed by atoms with van der Waals surface area (Å²) in [6.07, 6.45) is 1.82. The van der Waals surface area contributed by atoms with Gasteiger partial charge in [-0.2, -0.15) is 0 Å². The molecule has 0 fully saturated rings. The molecule has 1 aromatic rings. The van der Waals surface area contributed by atoms with E-state index in [-0.39, 0.29) is 12.1 Å². The fourth-order valence-corrected chi connectivity index (χ4v) is 0.749. The average molecular weight is 136 g/mol. The second kappa shape index (κ2) is 3.83. The summed E-state index contributed by atoms with van der Waals surface area (Å²) in [6.45, 7) is 0. The van der Waals surface area contributed by atoms with Crippen LogP contribution in [0.3, 0.4) is 0 Å². The normalized spacial score (nSPS) is 12.0. The van der Waals surface area contributed by atoms with Gasteiger partial charge in [-0.25, -0.2) is 0 Å². The molecule has 1 heteroatoms. The predicted octanol–water partition coefficient (Wildman–Crippen LogP) is 1.82. The summed E-state index contributed by atoms with van der Waals surface area (Å²) in [5, 5.41) is 0. The highest BCUT2D eigenvalue weighted by molar-refractivity contribution is 5.49. The first kappa shape index (κ1) is 4.67. The molecule has 0 aliphatic carbocycles. The molecule has 0 spiro atoms. The highest BCUT2D eigenvalue weighted by atomic mass is 16.1. The van der Waals surface area contributed by atoms with Gasteiger partial charge in [0.05, 0.1) is 2.74 Å². The second-order valence-electron chi connectivity index (χ2n) is 2.03. The number of hydrogen-bond acceptors (Lipinski definition) is 1. The van der Waals surface area contributed by atoms with Gasteiger partial charge in [-0.1, -0.05) is 30.3 Å². The first-order valence-corrected chi connectivity index (χ1v) is 3.24. The van der Waals surface area contributed by atoms with Crippen molar-refractivity contribution in [3.8, 4) is 0 Å². The third kappa shape index (κ3) is 2.02. The van der Waals surface area contributed by atoms with Crippen molar-refractivity contribution in [1.29, 1.82) is 0 Å². The third-order valence-corrected chi connectivity index (χ3v) is 1.24. The Kier molecular flexibility index (Phi) is 1.79. The summed E-state index contributed by atoms with van der Waals surface area (Å²) >= 11 is 0. The van der Waals surface area contributed by atoms with Gasteiger partial charge in [0.25, 0.3) is 0 Å². The minimum atomic E-state index is 0.221. The van der Waals surface area contributed by atoms with Crippen molar-refractivity contribution in [3.63, 3.8) is 0 Å². The van der Waals surface area contributed by atoms with Gasteiger partial charge in [0.2, 0.25) is 0 Å². The number of rotatable bonds is 3. The Morgan fingerprint density at radius 1 is 1.60 bits per heavy atom. The molecule has 0 aliphatic heterocycles. The van der Waals surface area contributed by atoms with Crippen LogP contribution in [0.4, 0.5) is 0 Å². The van der Waals surface area contributed by atoms with Crippen LogP contribution in [0.2, 0.25) is 0 Å². The lowest BCUT2D eigenvalue weighted by atomic mass is 10.1. The number of carbonyl (C=O) groups excluding carboxylic acids is 1. The van der Waals surface area contributed by atoms with Gasteiger partial charge in [-0.05, 0) is 12.0 Å². The smallest absolute Gasteiger partial charge is 0.120 e. The van der Waals surface area contributed by atoms with Crippen LogP contribution in [0.1, 0.15) is 14.7 Å². The van der Waals surface area contributed by atoms with E-state index in [2.05, 4.69) is 0 Å². The van der Waals surface area contributed by atoms with Gasteiger partial charge in [0, 0.05) is 6.42 Å². The van der Waals surface area contributed by atoms with Crippen LogP contribution in [0.25, 0.3) is 0 Å². The van der Waals surface area contributed by atoms with E-state index in [1.807, 2.05) is 0 Å². The molecule has 0 amide bonds. The van der Waals surface area contributed by atoms with E-state index in [1.165, 1.54) is 0 Å². The molecule has 52 valence electrons. The van der Waals surface area contributed by atoms with E-state index < -0.39 is 0 Å². The van der Waals surface area contributed by atoms with Gasteiger partial charge in [0.1, 0.15) is 6.29 Å². The van der Waals surface area contributed by atoms with E-state index in [0.29, 0.717) is 12.8 Å². The first-order valence-electron chi connectivity index (χ1n) is 4.24. The van der Waals surface area contributed by atoms with Crippen LogP contribution >= 0.6 is 0 Å². The maximum atomic E-state index is 10.1. The SMILES string of the molecule is [2H]c1cccc(CCC=O)c1[2H]. The molecule has 0 N–H and O–H groups in total. The Bertz CT molecular complexity index is 284. The molecule has 0 heterocycles. The summed E-state index contributed by atoms with van der Waals surface area (Å²) in [5.74, 6) is 0. The Morgan fingerprint density at radius 3 is 3.30 bits per heavy atom. The Labute approximate surface area is 63.5 Å². The number of aldehydes is 1. The molecule has 0 atom stereocenters. The van der Waals surface area contributed by atoms with Crippen LogP contribution in [-0.4, -0.2) is 6.29 Å². The van der Waals surface area contributed by atoms with E-state index >= 15 is 0 Å². The highest BCUT2D eigenvalue weighted by Crippen LogP contribution is 1.99. The maximum Gasteiger partial charge on any atom is 0.120 e. The van der Waals surface area contributed by atoms with Crippen LogP contribution in [0, 0.1) is 0 Å². The average Bonchev–Trinajstić information content (AvgIpc) is 2.08. The summed E-state index contributed by atoms with van der Waals surface area (Å²) < 4.78 is 14.8. The summed E-state index contributed by atoms with van der Waals surface area (Å²) in [4.78, 5) is 10.1. The Morgan fingerprint density at radius 2 is 2.50 bits per heavy atom. The molecule has 0 radical (unpaired) electrons. The number of aryl methyl sites for hydroxylation is 1. The molecule has 0 aromatic heterocycles. The molecule has 0 saturated carbocycles. The fourth-order valence-electron chi connectivity index (χ4n) is 0.749. The number of hydrogen-bond donors (Lipinski definition) is 0. The molecular formula is C9H10O. The Hall–Kier alpha value is -1.11. The van der Waals surface area contributed by atoms with Gasteiger partial charge in [-0.3, -0.25) is 0 Å². The third-order valence-electron chi connectivity index (χ3n) is 1.24. The van der Waals surface area contributed by atoms with Gasteiger partial charge in [-0.15, -0.1) is 0 Å². The van der Waals surface area contributed by atoms with Crippen molar-refractivity contribution in [2.75, 3.05) is 0 Å². The zero-order chi connectivity index (χ0) is 8.97. The van der Waals surface area contributed by atoms with Crippen molar-refractivity contribution >= 4 is 6.29 Å². The zero-order valence-electron chi connectivity index (χ0n) is 7.63. The number of carbonyl (C=O) groups is 1. The summed E-state index contributed by atoms with van der Waals surface area (Å²) in [5.41, 5.74) is 0.773. The van der Waals surface area contributed by atoms with Crippen molar-refractivity contribution in [2.24, 2.45) is 0 Å². The van der Waals surface area contributed by atoms with Crippen molar-refractivity contribution in [3.05, 3.63) is 35.8 Å². The standard InChI is InChI=1S/C9H10O/c10-8-4-7-9-5-2-1-3-6-9/h1-3,5-6,8H,4,7H2/i2D,5D. The lowest BCUT2D eigenvalue weighted by Crippen LogP contribution is -1.83. The molecule has 0 unspecified atom stereocenters. The van der Waals surface area contributed by atoms with Crippen LogP contribution in [0.5, 0.6) is 0 Å². The molecule has 1 rings (SSSR count). The predicted molar refractivity (Wildman–Crippen MR) is 40.8 cm³/mol. The van der Waals surface area contributed by atoms with E-state index in [9.17, 15) is 4.79 Å². The molecule has 10 heavy (non-hydrogen) atoms. The lowest BCUT2D eigenvalue weighted by molar-refractivity contribution is -0.107. The lowest BCUT2D eigenvalue weighted by Gasteiger charge is -1.93. The number of benzene rings is 1. The minimum absolute atomic E-state index is 0.221. The van der Waals surface area contributed by atoms with Crippen LogP contribution in [-0.2, 0) is 11.2 Å². The Balaban J connectivity index is 2.84. The highest BCUT2D eigenvalue weighted by Gasteiger charge is 1.87. The van der Waals surface area contributed by atoms with Gasteiger partial charge >= 0.3 is 0 Å².